The summed E-state index contributed by atoms with van der Waals surface area (Å²) >= 11 is 1.45. The minimum Gasteiger partial charge on any atom is -0.392 e. The number of nitrogens with zero attached hydrogens (tertiary/aromatic N) is 2. The van der Waals surface area contributed by atoms with Crippen LogP contribution in [-0.4, -0.2) is 26.7 Å². The summed E-state index contributed by atoms with van der Waals surface area (Å²) in [5.41, 5.74) is 0.881. The third-order valence-corrected chi connectivity index (χ3v) is 4.01. The predicted octanol–water partition coefficient (Wildman–Crippen LogP) is 3.30. The smallest absolute Gasteiger partial charge is 0.124 e. The van der Waals surface area contributed by atoms with E-state index in [0.29, 0.717) is 18.2 Å². The molecule has 1 aromatic heterocycles. The Bertz CT molecular complexity index is 556. The molecule has 3 nitrogen and oxygen atoms in total. The van der Waals surface area contributed by atoms with Crippen LogP contribution in [0.15, 0.2) is 41.4 Å². The predicted molar refractivity (Wildman–Crippen MR) is 79.4 cm³/mol. The topological polar surface area (TPSA) is 38.0 Å². The molecule has 5 heteroatoms. The Morgan fingerprint density at radius 1 is 1.35 bits per heavy atom. The average Bonchev–Trinajstić information content (AvgIpc) is 2.85. The van der Waals surface area contributed by atoms with Crippen LogP contribution in [0.3, 0.4) is 0 Å². The van der Waals surface area contributed by atoms with Gasteiger partial charge in [-0.1, -0.05) is 6.07 Å². The zero-order chi connectivity index (χ0) is 14.5. The third-order valence-electron chi connectivity index (χ3n) is 2.88. The van der Waals surface area contributed by atoms with Crippen molar-refractivity contribution >= 4 is 11.8 Å². The fraction of sp³-hybridized carbons (Fsp3) is 0.400. The molecule has 0 saturated heterocycles. The summed E-state index contributed by atoms with van der Waals surface area (Å²) in [5, 5.41) is 14.4. The second-order valence-electron chi connectivity index (χ2n) is 5.01. The molecule has 1 aromatic carbocycles. The first-order valence-corrected chi connectivity index (χ1v) is 7.63. The molecule has 1 atom stereocenters. The number of aliphatic hydroxyl groups is 1. The first-order valence-electron chi connectivity index (χ1n) is 6.65. The molecule has 2 aromatic rings. The highest BCUT2D eigenvalue weighted by Crippen LogP contribution is 2.20. The maximum Gasteiger partial charge on any atom is 0.124 e. The molecule has 0 aliphatic carbocycles. The molecule has 0 spiro atoms. The number of halogens is 1. The van der Waals surface area contributed by atoms with Crippen LogP contribution in [0.5, 0.6) is 0 Å². The summed E-state index contributed by atoms with van der Waals surface area (Å²) < 4.78 is 14.9. The van der Waals surface area contributed by atoms with Gasteiger partial charge >= 0.3 is 0 Å². The van der Waals surface area contributed by atoms with E-state index in [2.05, 4.69) is 18.9 Å². The molecular weight excluding hydrogens is 275 g/mol. The van der Waals surface area contributed by atoms with Crippen molar-refractivity contribution in [3.05, 3.63) is 48.0 Å². The van der Waals surface area contributed by atoms with Gasteiger partial charge in [0.15, 0.2) is 0 Å². The average molecular weight is 294 g/mol. The maximum absolute atomic E-state index is 13.0. The van der Waals surface area contributed by atoms with Crippen molar-refractivity contribution in [3.8, 4) is 0 Å². The molecule has 0 aliphatic heterocycles. The number of hydrogen-bond acceptors (Lipinski definition) is 3. The molecule has 0 saturated carbocycles. The van der Waals surface area contributed by atoms with Gasteiger partial charge < -0.3 is 5.11 Å². The van der Waals surface area contributed by atoms with Crippen LogP contribution in [0.2, 0.25) is 0 Å². The minimum absolute atomic E-state index is 0.250. The zero-order valence-corrected chi connectivity index (χ0v) is 12.5. The van der Waals surface area contributed by atoms with Gasteiger partial charge in [0.25, 0.3) is 0 Å². The molecule has 0 radical (unpaired) electrons. The van der Waals surface area contributed by atoms with Crippen LogP contribution >= 0.6 is 11.8 Å². The first-order chi connectivity index (χ1) is 9.54. The van der Waals surface area contributed by atoms with Crippen LogP contribution in [0.25, 0.3) is 0 Å². The molecule has 2 rings (SSSR count). The van der Waals surface area contributed by atoms with Crippen molar-refractivity contribution in [1.29, 1.82) is 0 Å². The molecule has 1 N–H and O–H groups in total. The lowest BCUT2D eigenvalue weighted by Crippen LogP contribution is -2.14. The lowest BCUT2D eigenvalue weighted by Gasteiger charge is -2.09. The quantitative estimate of drug-likeness (QED) is 0.831. The Labute approximate surface area is 122 Å². The largest absolute Gasteiger partial charge is 0.392 e. The Hall–Kier alpha value is -1.33. The van der Waals surface area contributed by atoms with Gasteiger partial charge in [0.2, 0.25) is 0 Å². The van der Waals surface area contributed by atoms with Crippen LogP contribution in [-0.2, 0) is 6.42 Å². The summed E-state index contributed by atoms with van der Waals surface area (Å²) in [6.45, 7) is 4.13. The van der Waals surface area contributed by atoms with Gasteiger partial charge in [-0.3, -0.25) is 4.68 Å². The molecule has 0 amide bonds. The Balaban J connectivity index is 1.84. The highest BCUT2D eigenvalue weighted by Gasteiger charge is 2.10. The van der Waals surface area contributed by atoms with E-state index in [-0.39, 0.29) is 5.82 Å². The number of rotatable bonds is 6. The van der Waals surface area contributed by atoms with Crippen molar-refractivity contribution in [2.24, 2.45) is 0 Å². The lowest BCUT2D eigenvalue weighted by molar-refractivity contribution is 0.198. The van der Waals surface area contributed by atoms with Gasteiger partial charge in [0.05, 0.1) is 11.8 Å². The molecule has 1 heterocycles. The number of aliphatic hydroxyl groups excluding tert-OH is 1. The summed E-state index contributed by atoms with van der Waals surface area (Å²) in [7, 11) is 0. The number of aromatic nitrogens is 2. The molecule has 20 heavy (non-hydrogen) atoms. The maximum atomic E-state index is 13.0. The van der Waals surface area contributed by atoms with Crippen molar-refractivity contribution < 1.29 is 9.50 Å². The third kappa shape index (κ3) is 4.35. The Morgan fingerprint density at radius 3 is 2.80 bits per heavy atom. The Kier molecular flexibility index (Phi) is 5.20. The molecule has 0 fully saturated rings. The van der Waals surface area contributed by atoms with E-state index < -0.39 is 6.10 Å². The van der Waals surface area contributed by atoms with Gasteiger partial charge in [-0.2, -0.15) is 5.10 Å². The number of thioether (sulfide) groups is 1. The molecule has 0 bridgehead atoms. The molecular formula is C15H19FN2OS. The van der Waals surface area contributed by atoms with Crippen LogP contribution in [0, 0.1) is 5.82 Å². The highest BCUT2D eigenvalue weighted by molar-refractivity contribution is 7.99. The summed E-state index contributed by atoms with van der Waals surface area (Å²) in [6, 6.07) is 8.66. The lowest BCUT2D eigenvalue weighted by atomic mass is 10.2. The van der Waals surface area contributed by atoms with Gasteiger partial charge in [-0.05, 0) is 38.1 Å². The van der Waals surface area contributed by atoms with Crippen LogP contribution < -0.4 is 0 Å². The van der Waals surface area contributed by atoms with E-state index in [1.165, 1.54) is 23.9 Å². The van der Waals surface area contributed by atoms with E-state index in [9.17, 15) is 9.50 Å². The van der Waals surface area contributed by atoms with Gasteiger partial charge in [-0.15, -0.1) is 11.8 Å². The van der Waals surface area contributed by atoms with E-state index >= 15 is 0 Å². The van der Waals surface area contributed by atoms with Gasteiger partial charge in [0, 0.05) is 29.3 Å². The second kappa shape index (κ2) is 6.90. The number of hydrogen-bond donors (Lipinski definition) is 1. The van der Waals surface area contributed by atoms with Crippen molar-refractivity contribution in [2.75, 3.05) is 5.75 Å². The van der Waals surface area contributed by atoms with Crippen LogP contribution in [0.1, 0.15) is 25.6 Å². The van der Waals surface area contributed by atoms with Gasteiger partial charge in [-0.25, -0.2) is 4.39 Å². The van der Waals surface area contributed by atoms with E-state index in [1.807, 2.05) is 23.0 Å². The van der Waals surface area contributed by atoms with Crippen molar-refractivity contribution in [2.45, 2.75) is 37.3 Å². The summed E-state index contributed by atoms with van der Waals surface area (Å²) in [5.74, 6) is 0.276. The van der Waals surface area contributed by atoms with Crippen LogP contribution in [0.4, 0.5) is 4.39 Å². The van der Waals surface area contributed by atoms with Crippen molar-refractivity contribution in [1.82, 2.24) is 9.78 Å². The minimum atomic E-state index is -0.487. The standard InChI is InChI=1S/C15H19FN2OS/c1-11(2)18-7-6-13(17-18)9-14(19)10-20-15-5-3-4-12(16)8-15/h3-8,11,14,19H,9-10H2,1-2H3. The summed E-state index contributed by atoms with van der Waals surface area (Å²) in [6.07, 6.45) is 1.95. The summed E-state index contributed by atoms with van der Waals surface area (Å²) in [4.78, 5) is 0.830. The van der Waals surface area contributed by atoms with Gasteiger partial charge in [0.1, 0.15) is 5.82 Å². The molecule has 108 valence electrons. The molecule has 0 aliphatic rings. The fourth-order valence-corrected chi connectivity index (χ4v) is 2.70. The highest BCUT2D eigenvalue weighted by atomic mass is 32.2. The van der Waals surface area contributed by atoms with E-state index in [0.717, 1.165) is 10.6 Å². The monoisotopic (exact) mass is 294 g/mol. The van der Waals surface area contributed by atoms with Crippen molar-refractivity contribution in [3.63, 3.8) is 0 Å². The van der Waals surface area contributed by atoms with E-state index in [4.69, 9.17) is 0 Å². The SMILES string of the molecule is CC(C)n1ccc(CC(O)CSc2cccc(F)c2)n1. The fourth-order valence-electron chi connectivity index (χ4n) is 1.82. The first kappa shape index (κ1) is 15.1. The second-order valence-corrected chi connectivity index (χ2v) is 6.10. The normalized spacial score (nSPS) is 12.8. The number of benzene rings is 1. The Morgan fingerprint density at radius 2 is 2.15 bits per heavy atom. The zero-order valence-electron chi connectivity index (χ0n) is 11.7. The van der Waals surface area contributed by atoms with E-state index in [1.54, 1.807) is 6.07 Å². The molecule has 1 unspecified atom stereocenters.